The highest BCUT2D eigenvalue weighted by molar-refractivity contribution is 9.10. The number of alkyl halides is 2. The van der Waals surface area contributed by atoms with Crippen LogP contribution in [0.2, 0.25) is 0 Å². The molecule has 0 unspecified atom stereocenters. The molecule has 3 heterocycles. The molecule has 2 aromatic rings. The summed E-state index contributed by atoms with van der Waals surface area (Å²) in [7, 11) is 3.32. The molecule has 2 amide bonds. The lowest BCUT2D eigenvalue weighted by atomic mass is 10.0. The van der Waals surface area contributed by atoms with Crippen LogP contribution in [-0.4, -0.2) is 85.0 Å². The Morgan fingerprint density at radius 2 is 1.97 bits per heavy atom. The lowest BCUT2D eigenvalue weighted by Crippen LogP contribution is -2.46. The molecule has 0 spiro atoms. The number of nitrogens with zero attached hydrogens (tertiary/aromatic N) is 3. The number of rotatable bonds is 6. The van der Waals surface area contributed by atoms with E-state index in [2.05, 4.69) is 31.5 Å². The smallest absolute Gasteiger partial charge is 0.265 e. The quantitative estimate of drug-likeness (QED) is 0.569. The zero-order valence-corrected chi connectivity index (χ0v) is 21.1. The van der Waals surface area contributed by atoms with Gasteiger partial charge in [0.15, 0.2) is 0 Å². The number of aromatic nitrogens is 1. The summed E-state index contributed by atoms with van der Waals surface area (Å²) in [5.74, 6) is -3.52. The van der Waals surface area contributed by atoms with E-state index in [0.717, 1.165) is 5.69 Å². The van der Waals surface area contributed by atoms with Crippen LogP contribution in [0, 0.1) is 0 Å². The molecule has 0 bridgehead atoms. The van der Waals surface area contributed by atoms with E-state index in [-0.39, 0.29) is 37.4 Å². The lowest BCUT2D eigenvalue weighted by Gasteiger charge is -2.33. The Labute approximate surface area is 211 Å². The molecule has 2 N–H and O–H groups in total. The first-order valence-electron chi connectivity index (χ1n) is 11.4. The van der Waals surface area contributed by atoms with Crippen LogP contribution in [0.3, 0.4) is 0 Å². The third kappa shape index (κ3) is 5.72. The largest absolute Gasteiger partial charge is 0.387 e. The highest BCUT2D eigenvalue weighted by Crippen LogP contribution is 2.31. The molecule has 2 fully saturated rings. The molecule has 0 aliphatic carbocycles. The van der Waals surface area contributed by atoms with Crippen LogP contribution < -0.4 is 10.6 Å². The predicted octanol–water partition coefficient (Wildman–Crippen LogP) is 3.71. The number of benzene rings is 1. The van der Waals surface area contributed by atoms with E-state index >= 15 is 0 Å². The molecule has 2 atom stereocenters. The number of likely N-dealkylation sites (tertiary alicyclic amines) is 2. The molecule has 2 aliphatic rings. The molecule has 2 saturated heterocycles. The summed E-state index contributed by atoms with van der Waals surface area (Å²) in [6, 6.07) is 6.57. The molecule has 1 aromatic heterocycles. The molecule has 0 saturated carbocycles. The number of carbonyl (C=O) groups is 2. The van der Waals surface area contributed by atoms with Gasteiger partial charge >= 0.3 is 0 Å². The van der Waals surface area contributed by atoms with Gasteiger partial charge in [0.05, 0.1) is 35.5 Å². The Bertz CT molecular complexity index is 1100. The standard InChI is InChI=1S/C24H28BrF2N5O3/c1-28-17-8-15(10-29-11-17)22(33)32-12-20(21(13-32)35-2)30-19-5-4-16(25)9-18(19)23(34)31-7-3-6-24(26,27)14-31/h4-5,8-11,20-21,28,30H,3,6-7,12-14H2,1-2H3/t20-,21-/m0/s1. The van der Waals surface area contributed by atoms with Crippen molar-refractivity contribution in [1.29, 1.82) is 0 Å². The Morgan fingerprint density at radius 1 is 1.17 bits per heavy atom. The lowest BCUT2D eigenvalue weighted by molar-refractivity contribution is -0.0560. The van der Waals surface area contributed by atoms with Crippen molar-refractivity contribution < 1.29 is 23.1 Å². The number of ether oxygens (including phenoxy) is 1. The molecule has 8 nitrogen and oxygen atoms in total. The normalized spacial score (nSPS) is 21.6. The van der Waals surface area contributed by atoms with Crippen LogP contribution in [0.4, 0.5) is 20.2 Å². The van der Waals surface area contributed by atoms with Crippen LogP contribution in [0.25, 0.3) is 0 Å². The fourth-order valence-electron chi connectivity index (χ4n) is 4.52. The first-order valence-corrected chi connectivity index (χ1v) is 12.2. The van der Waals surface area contributed by atoms with Gasteiger partial charge in [-0.1, -0.05) is 15.9 Å². The average Bonchev–Trinajstić information content (AvgIpc) is 3.26. The van der Waals surface area contributed by atoms with Crippen molar-refractivity contribution in [3.8, 4) is 0 Å². The van der Waals surface area contributed by atoms with Gasteiger partial charge in [0.25, 0.3) is 17.7 Å². The first kappa shape index (κ1) is 25.3. The summed E-state index contributed by atoms with van der Waals surface area (Å²) >= 11 is 3.38. The summed E-state index contributed by atoms with van der Waals surface area (Å²) in [6.45, 7) is 0.387. The Hall–Kier alpha value is -2.79. The second-order valence-electron chi connectivity index (χ2n) is 8.82. The monoisotopic (exact) mass is 551 g/mol. The van der Waals surface area contributed by atoms with Gasteiger partial charge in [-0.25, -0.2) is 8.78 Å². The summed E-state index contributed by atoms with van der Waals surface area (Å²) < 4.78 is 34.2. The first-order chi connectivity index (χ1) is 16.7. The number of hydrogen-bond donors (Lipinski definition) is 2. The second kappa shape index (κ2) is 10.4. The van der Waals surface area contributed by atoms with Crippen LogP contribution in [-0.2, 0) is 4.74 Å². The fourth-order valence-corrected chi connectivity index (χ4v) is 4.88. The summed E-state index contributed by atoms with van der Waals surface area (Å²) in [6.07, 6.45) is 2.86. The van der Waals surface area contributed by atoms with Crippen molar-refractivity contribution in [2.75, 3.05) is 51.0 Å². The van der Waals surface area contributed by atoms with Gasteiger partial charge in [0.2, 0.25) is 0 Å². The maximum absolute atomic E-state index is 14.0. The van der Waals surface area contributed by atoms with Gasteiger partial charge in [-0.3, -0.25) is 14.6 Å². The topological polar surface area (TPSA) is 86.8 Å². The van der Waals surface area contributed by atoms with E-state index in [4.69, 9.17) is 4.74 Å². The average molecular weight is 552 g/mol. The fraction of sp³-hybridized carbons (Fsp3) is 0.458. The number of pyridine rings is 1. The van der Waals surface area contributed by atoms with Crippen LogP contribution >= 0.6 is 15.9 Å². The summed E-state index contributed by atoms with van der Waals surface area (Å²) in [5.41, 5.74) is 1.99. The van der Waals surface area contributed by atoms with E-state index in [1.165, 1.54) is 11.1 Å². The number of halogens is 3. The molecular formula is C24H28BrF2N5O3. The minimum absolute atomic E-state index is 0.177. The molecule has 11 heteroatoms. The van der Waals surface area contributed by atoms with E-state index in [1.54, 1.807) is 49.5 Å². The number of nitrogens with one attached hydrogen (secondary N) is 2. The summed E-state index contributed by atoms with van der Waals surface area (Å²) in [5, 5.41) is 6.31. The Balaban J connectivity index is 1.53. The second-order valence-corrected chi connectivity index (χ2v) is 9.74. The van der Waals surface area contributed by atoms with Crippen molar-refractivity contribution in [3.63, 3.8) is 0 Å². The number of amides is 2. The van der Waals surface area contributed by atoms with Gasteiger partial charge in [-0.2, -0.15) is 0 Å². The highest BCUT2D eigenvalue weighted by atomic mass is 79.9. The van der Waals surface area contributed by atoms with Crippen molar-refractivity contribution in [2.45, 2.75) is 30.9 Å². The molecule has 0 radical (unpaired) electrons. The number of methoxy groups -OCH3 is 1. The van der Waals surface area contributed by atoms with E-state index in [0.29, 0.717) is 34.4 Å². The zero-order chi connectivity index (χ0) is 25.2. The third-order valence-electron chi connectivity index (χ3n) is 6.36. The third-order valence-corrected chi connectivity index (χ3v) is 6.86. The maximum atomic E-state index is 14.0. The van der Waals surface area contributed by atoms with E-state index in [9.17, 15) is 18.4 Å². The maximum Gasteiger partial charge on any atom is 0.265 e. The van der Waals surface area contributed by atoms with Crippen molar-refractivity contribution >= 4 is 39.1 Å². The predicted molar refractivity (Wildman–Crippen MR) is 132 cm³/mol. The van der Waals surface area contributed by atoms with Crippen LogP contribution in [0.5, 0.6) is 0 Å². The van der Waals surface area contributed by atoms with Gasteiger partial charge in [-0.05, 0) is 30.7 Å². The number of anilines is 2. The minimum Gasteiger partial charge on any atom is -0.387 e. The van der Waals surface area contributed by atoms with Crippen LogP contribution in [0.15, 0.2) is 41.1 Å². The number of hydrogen-bond acceptors (Lipinski definition) is 6. The number of piperidine rings is 1. The SMILES string of the molecule is CNc1cncc(C(=O)N2C[C@H](Nc3ccc(Br)cc3C(=O)N3CCCC(F)(F)C3)[C@@H](OC)C2)c1. The van der Waals surface area contributed by atoms with Gasteiger partial charge < -0.3 is 25.2 Å². The number of carbonyl (C=O) groups excluding carboxylic acids is 2. The van der Waals surface area contributed by atoms with Crippen molar-refractivity contribution in [2.24, 2.45) is 0 Å². The van der Waals surface area contributed by atoms with Gasteiger partial charge in [0.1, 0.15) is 0 Å². The van der Waals surface area contributed by atoms with Gasteiger partial charge in [-0.15, -0.1) is 0 Å². The molecule has 188 valence electrons. The van der Waals surface area contributed by atoms with Crippen molar-refractivity contribution in [1.82, 2.24) is 14.8 Å². The van der Waals surface area contributed by atoms with E-state index in [1.807, 2.05) is 0 Å². The molecule has 35 heavy (non-hydrogen) atoms. The highest BCUT2D eigenvalue weighted by Gasteiger charge is 2.39. The molecule has 1 aromatic carbocycles. The Morgan fingerprint density at radius 3 is 2.69 bits per heavy atom. The zero-order valence-electron chi connectivity index (χ0n) is 19.6. The molecular weight excluding hydrogens is 524 g/mol. The molecule has 4 rings (SSSR count). The Kier molecular flexibility index (Phi) is 7.56. The van der Waals surface area contributed by atoms with Gasteiger partial charge in [0, 0.05) is 62.8 Å². The minimum atomic E-state index is -2.89. The van der Waals surface area contributed by atoms with E-state index < -0.39 is 18.4 Å². The molecule has 2 aliphatic heterocycles. The van der Waals surface area contributed by atoms with Crippen molar-refractivity contribution in [3.05, 3.63) is 52.3 Å². The summed E-state index contributed by atoms with van der Waals surface area (Å²) in [4.78, 5) is 33.3. The van der Waals surface area contributed by atoms with Crippen LogP contribution in [0.1, 0.15) is 33.6 Å².